The fourth-order valence-corrected chi connectivity index (χ4v) is 2.79. The van der Waals surface area contributed by atoms with Crippen LogP contribution in [0.25, 0.3) is 10.9 Å². The number of hydrogen-bond donors (Lipinski definition) is 1. The fourth-order valence-electron chi connectivity index (χ4n) is 2.18. The van der Waals surface area contributed by atoms with E-state index in [1.54, 1.807) is 6.20 Å². The van der Waals surface area contributed by atoms with Crippen molar-refractivity contribution < 1.29 is 5.11 Å². The van der Waals surface area contributed by atoms with Gasteiger partial charge in [-0.25, -0.2) is 0 Å². The van der Waals surface area contributed by atoms with Crippen LogP contribution < -0.4 is 0 Å². The largest absolute Gasteiger partial charge is 0.384 e. The second-order valence-electron chi connectivity index (χ2n) is 4.50. The molecule has 1 unspecified atom stereocenters. The first kappa shape index (κ1) is 13.6. The minimum absolute atomic E-state index is 0.534. The standard InChI is InChI=1S/C16H11BrClNO/c17-13-5-1-4-12(15(13)18)16(20)11-6-7-14-10(9-11)3-2-8-19-14/h1-9,16,20H. The van der Waals surface area contributed by atoms with Crippen LogP contribution in [0.5, 0.6) is 0 Å². The minimum Gasteiger partial charge on any atom is -0.384 e. The van der Waals surface area contributed by atoms with Crippen molar-refractivity contribution in [2.24, 2.45) is 0 Å². The first-order chi connectivity index (χ1) is 9.66. The molecule has 1 N–H and O–H groups in total. The third-order valence-electron chi connectivity index (χ3n) is 3.22. The first-order valence-electron chi connectivity index (χ1n) is 6.13. The Morgan fingerprint density at radius 2 is 1.95 bits per heavy atom. The van der Waals surface area contributed by atoms with Crippen LogP contribution >= 0.6 is 27.5 Å². The van der Waals surface area contributed by atoms with Crippen LogP contribution in [0.15, 0.2) is 59.2 Å². The number of pyridine rings is 1. The van der Waals surface area contributed by atoms with Gasteiger partial charge in [0.2, 0.25) is 0 Å². The molecule has 1 aromatic heterocycles. The van der Waals surface area contributed by atoms with Crippen LogP contribution in [0.1, 0.15) is 17.2 Å². The maximum Gasteiger partial charge on any atom is 0.106 e. The van der Waals surface area contributed by atoms with Gasteiger partial charge in [0.25, 0.3) is 0 Å². The molecule has 1 atom stereocenters. The highest BCUT2D eigenvalue weighted by Crippen LogP contribution is 2.33. The van der Waals surface area contributed by atoms with Gasteiger partial charge in [-0.15, -0.1) is 0 Å². The number of aliphatic hydroxyl groups is 1. The lowest BCUT2D eigenvalue weighted by molar-refractivity contribution is 0.220. The van der Waals surface area contributed by atoms with E-state index in [2.05, 4.69) is 20.9 Å². The van der Waals surface area contributed by atoms with Crippen LogP contribution in [0.2, 0.25) is 5.02 Å². The fraction of sp³-hybridized carbons (Fsp3) is 0.0625. The number of hydrogen-bond acceptors (Lipinski definition) is 2. The van der Waals surface area contributed by atoms with Gasteiger partial charge in [0.15, 0.2) is 0 Å². The highest BCUT2D eigenvalue weighted by molar-refractivity contribution is 9.10. The van der Waals surface area contributed by atoms with Crippen molar-refractivity contribution in [3.63, 3.8) is 0 Å². The molecule has 0 aliphatic heterocycles. The summed E-state index contributed by atoms with van der Waals surface area (Å²) in [5.41, 5.74) is 2.39. The smallest absolute Gasteiger partial charge is 0.106 e. The predicted octanol–water partition coefficient (Wildman–Crippen LogP) is 4.73. The summed E-state index contributed by atoms with van der Waals surface area (Å²) in [5.74, 6) is 0. The molecule has 3 rings (SSSR count). The number of rotatable bonds is 2. The zero-order valence-electron chi connectivity index (χ0n) is 10.4. The summed E-state index contributed by atoms with van der Waals surface area (Å²) >= 11 is 9.61. The molecule has 2 nitrogen and oxygen atoms in total. The second-order valence-corrected chi connectivity index (χ2v) is 5.73. The third kappa shape index (κ3) is 2.44. The van der Waals surface area contributed by atoms with E-state index in [-0.39, 0.29) is 0 Å². The zero-order chi connectivity index (χ0) is 14.1. The van der Waals surface area contributed by atoms with Gasteiger partial charge in [0.05, 0.1) is 10.5 Å². The summed E-state index contributed by atoms with van der Waals surface area (Å²) in [6.07, 6.45) is 0.994. The SMILES string of the molecule is OC(c1ccc2ncccc2c1)c1cccc(Br)c1Cl. The highest BCUT2D eigenvalue weighted by Gasteiger charge is 2.15. The molecule has 0 spiro atoms. The molecule has 0 fully saturated rings. The molecule has 4 heteroatoms. The summed E-state index contributed by atoms with van der Waals surface area (Å²) in [4.78, 5) is 4.27. The first-order valence-corrected chi connectivity index (χ1v) is 7.30. The lowest BCUT2D eigenvalue weighted by Crippen LogP contribution is -2.01. The molecule has 0 bridgehead atoms. The minimum atomic E-state index is -0.760. The second kappa shape index (κ2) is 5.52. The summed E-state index contributed by atoms with van der Waals surface area (Å²) in [5, 5.41) is 12.1. The van der Waals surface area contributed by atoms with Crippen molar-refractivity contribution in [1.82, 2.24) is 4.98 Å². The Hall–Kier alpha value is -1.42. The molecule has 3 aromatic rings. The quantitative estimate of drug-likeness (QED) is 0.726. The van der Waals surface area contributed by atoms with E-state index in [4.69, 9.17) is 11.6 Å². The van der Waals surface area contributed by atoms with Crippen LogP contribution in [-0.2, 0) is 0 Å². The maximum atomic E-state index is 10.5. The molecule has 0 aliphatic carbocycles. The molecule has 0 saturated heterocycles. The van der Waals surface area contributed by atoms with Crippen molar-refractivity contribution >= 4 is 38.4 Å². The van der Waals surface area contributed by atoms with Crippen molar-refractivity contribution in [2.45, 2.75) is 6.10 Å². The van der Waals surface area contributed by atoms with Crippen LogP contribution in [0, 0.1) is 0 Å². The van der Waals surface area contributed by atoms with Crippen molar-refractivity contribution in [3.05, 3.63) is 75.4 Å². The topological polar surface area (TPSA) is 33.1 Å². The molecule has 1 heterocycles. The van der Waals surface area contributed by atoms with Gasteiger partial charge in [0, 0.05) is 21.6 Å². The molecule has 0 saturated carbocycles. The van der Waals surface area contributed by atoms with Crippen LogP contribution in [0.3, 0.4) is 0 Å². The van der Waals surface area contributed by atoms with Gasteiger partial charge < -0.3 is 5.11 Å². The number of aliphatic hydroxyl groups excluding tert-OH is 1. The average molecular weight is 349 g/mol. The lowest BCUT2D eigenvalue weighted by Gasteiger charge is -2.14. The van der Waals surface area contributed by atoms with Gasteiger partial charge in [-0.1, -0.05) is 35.9 Å². The molecule has 20 heavy (non-hydrogen) atoms. The highest BCUT2D eigenvalue weighted by atomic mass is 79.9. The predicted molar refractivity (Wildman–Crippen MR) is 85.0 cm³/mol. The Morgan fingerprint density at radius 1 is 1.10 bits per heavy atom. The Balaban J connectivity index is 2.08. The van der Waals surface area contributed by atoms with Crippen LogP contribution in [-0.4, -0.2) is 10.1 Å². The number of nitrogens with zero attached hydrogens (tertiary/aromatic N) is 1. The molecule has 0 radical (unpaired) electrons. The summed E-state index contributed by atoms with van der Waals surface area (Å²) < 4.78 is 0.776. The molecule has 100 valence electrons. The number of benzene rings is 2. The monoisotopic (exact) mass is 347 g/mol. The van der Waals surface area contributed by atoms with Crippen molar-refractivity contribution in [1.29, 1.82) is 0 Å². The average Bonchev–Trinajstić information content (AvgIpc) is 2.49. The van der Waals surface area contributed by atoms with Gasteiger partial charge in [-0.3, -0.25) is 4.98 Å². The Morgan fingerprint density at radius 3 is 2.80 bits per heavy atom. The number of fused-ring (bicyclic) bond motifs is 1. The molecular weight excluding hydrogens is 338 g/mol. The molecule has 0 amide bonds. The van der Waals surface area contributed by atoms with Gasteiger partial charge in [-0.2, -0.15) is 0 Å². The normalized spacial score (nSPS) is 12.6. The molecular formula is C16H11BrClNO. The maximum absolute atomic E-state index is 10.5. The van der Waals surface area contributed by atoms with Crippen LogP contribution in [0.4, 0.5) is 0 Å². The Bertz CT molecular complexity index is 775. The number of aromatic nitrogens is 1. The van der Waals surface area contributed by atoms with Gasteiger partial charge in [-0.05, 0) is 45.8 Å². The summed E-state index contributed by atoms with van der Waals surface area (Å²) in [6, 6.07) is 15.1. The zero-order valence-corrected chi connectivity index (χ0v) is 12.8. The lowest BCUT2D eigenvalue weighted by atomic mass is 10.00. The Kier molecular flexibility index (Phi) is 3.74. The van der Waals surface area contributed by atoms with E-state index in [9.17, 15) is 5.11 Å². The van der Waals surface area contributed by atoms with E-state index in [1.165, 1.54) is 0 Å². The van der Waals surface area contributed by atoms with E-state index < -0.39 is 6.10 Å². The van der Waals surface area contributed by atoms with E-state index >= 15 is 0 Å². The Labute approximate surface area is 130 Å². The van der Waals surface area contributed by atoms with Gasteiger partial charge >= 0.3 is 0 Å². The summed E-state index contributed by atoms with van der Waals surface area (Å²) in [7, 11) is 0. The van der Waals surface area contributed by atoms with E-state index in [0.717, 1.165) is 20.9 Å². The third-order valence-corrected chi connectivity index (χ3v) is 4.53. The summed E-state index contributed by atoms with van der Waals surface area (Å²) in [6.45, 7) is 0. The van der Waals surface area contributed by atoms with E-state index in [0.29, 0.717) is 10.6 Å². The van der Waals surface area contributed by atoms with Crippen molar-refractivity contribution in [2.75, 3.05) is 0 Å². The number of halogens is 2. The van der Waals surface area contributed by atoms with E-state index in [1.807, 2.05) is 48.5 Å². The molecule has 2 aromatic carbocycles. The molecule has 0 aliphatic rings. The van der Waals surface area contributed by atoms with Crippen molar-refractivity contribution in [3.8, 4) is 0 Å². The van der Waals surface area contributed by atoms with Gasteiger partial charge in [0.1, 0.15) is 6.10 Å².